The van der Waals surface area contributed by atoms with Crippen molar-refractivity contribution in [1.29, 1.82) is 0 Å². The third-order valence-corrected chi connectivity index (χ3v) is 2.58. The van der Waals surface area contributed by atoms with Crippen molar-refractivity contribution in [2.75, 3.05) is 13.2 Å². The standard InChI is InChI=1S/C12H15BrO3/c1-2-15-12(14)8-5-9-16-11-7-4-3-6-10(11)13/h3-4,6-7H,2,5,8-9H2,1H3. The minimum Gasteiger partial charge on any atom is -0.492 e. The predicted octanol–water partition coefficient (Wildman–Crippen LogP) is 3.17. The number of halogens is 1. The van der Waals surface area contributed by atoms with Gasteiger partial charge in [0.1, 0.15) is 5.75 Å². The lowest BCUT2D eigenvalue weighted by Crippen LogP contribution is -2.06. The molecule has 0 atom stereocenters. The van der Waals surface area contributed by atoms with E-state index in [4.69, 9.17) is 9.47 Å². The lowest BCUT2D eigenvalue weighted by molar-refractivity contribution is -0.143. The average Bonchev–Trinajstić information content (AvgIpc) is 2.27. The van der Waals surface area contributed by atoms with Gasteiger partial charge in [-0.15, -0.1) is 0 Å². The molecular weight excluding hydrogens is 272 g/mol. The Labute approximate surface area is 104 Å². The molecule has 0 aliphatic rings. The SMILES string of the molecule is CCOC(=O)CCCOc1ccccc1Br. The molecule has 4 heteroatoms. The van der Waals surface area contributed by atoms with Gasteiger partial charge < -0.3 is 9.47 Å². The van der Waals surface area contributed by atoms with Gasteiger partial charge in [-0.3, -0.25) is 4.79 Å². The number of para-hydroxylation sites is 1. The maximum absolute atomic E-state index is 11.0. The van der Waals surface area contributed by atoms with Crippen molar-refractivity contribution in [3.05, 3.63) is 28.7 Å². The van der Waals surface area contributed by atoms with Crippen molar-refractivity contribution < 1.29 is 14.3 Å². The quantitative estimate of drug-likeness (QED) is 0.595. The third kappa shape index (κ3) is 4.66. The van der Waals surface area contributed by atoms with E-state index >= 15 is 0 Å². The highest BCUT2D eigenvalue weighted by molar-refractivity contribution is 9.10. The molecule has 0 aromatic heterocycles. The molecule has 1 aromatic rings. The van der Waals surface area contributed by atoms with Crippen LogP contribution in [0.15, 0.2) is 28.7 Å². The molecule has 0 aliphatic carbocycles. The third-order valence-electron chi connectivity index (χ3n) is 1.92. The summed E-state index contributed by atoms with van der Waals surface area (Å²) < 4.78 is 11.2. The van der Waals surface area contributed by atoms with Crippen LogP contribution in [0.25, 0.3) is 0 Å². The molecule has 1 rings (SSSR count). The first-order chi connectivity index (χ1) is 7.74. The number of carbonyl (C=O) groups is 1. The second-order valence-electron chi connectivity index (χ2n) is 3.19. The highest BCUT2D eigenvalue weighted by Crippen LogP contribution is 2.23. The van der Waals surface area contributed by atoms with Gasteiger partial charge in [-0.25, -0.2) is 0 Å². The molecule has 0 N–H and O–H groups in total. The first kappa shape index (κ1) is 13.0. The largest absolute Gasteiger partial charge is 0.492 e. The minimum absolute atomic E-state index is 0.168. The molecule has 16 heavy (non-hydrogen) atoms. The lowest BCUT2D eigenvalue weighted by Gasteiger charge is -2.07. The molecule has 0 saturated heterocycles. The van der Waals surface area contributed by atoms with Crippen LogP contribution in [-0.2, 0) is 9.53 Å². The average molecular weight is 287 g/mol. The maximum Gasteiger partial charge on any atom is 0.305 e. The highest BCUT2D eigenvalue weighted by atomic mass is 79.9. The zero-order valence-corrected chi connectivity index (χ0v) is 10.8. The summed E-state index contributed by atoms with van der Waals surface area (Å²) in [6.45, 7) is 2.75. The summed E-state index contributed by atoms with van der Waals surface area (Å²) in [6, 6.07) is 7.64. The van der Waals surface area contributed by atoms with E-state index in [9.17, 15) is 4.79 Å². The molecule has 1 aromatic carbocycles. The van der Waals surface area contributed by atoms with Gasteiger partial charge in [-0.2, -0.15) is 0 Å². The van der Waals surface area contributed by atoms with Crippen LogP contribution < -0.4 is 4.74 Å². The molecule has 0 saturated carbocycles. The topological polar surface area (TPSA) is 35.5 Å². The first-order valence-corrected chi connectivity index (χ1v) is 6.06. The van der Waals surface area contributed by atoms with Crippen molar-refractivity contribution in [1.82, 2.24) is 0 Å². The van der Waals surface area contributed by atoms with Crippen LogP contribution in [0.1, 0.15) is 19.8 Å². The second-order valence-corrected chi connectivity index (χ2v) is 4.04. The smallest absolute Gasteiger partial charge is 0.305 e. The maximum atomic E-state index is 11.0. The van der Waals surface area contributed by atoms with Gasteiger partial charge >= 0.3 is 5.97 Å². The molecule has 0 radical (unpaired) electrons. The Kier molecular flexibility index (Phi) is 5.93. The van der Waals surface area contributed by atoms with Crippen molar-refractivity contribution in [2.24, 2.45) is 0 Å². The van der Waals surface area contributed by atoms with E-state index in [0.29, 0.717) is 26.1 Å². The van der Waals surface area contributed by atoms with Crippen molar-refractivity contribution in [2.45, 2.75) is 19.8 Å². The van der Waals surface area contributed by atoms with Crippen LogP contribution in [0.4, 0.5) is 0 Å². The Bertz CT molecular complexity index is 339. The number of carbonyl (C=O) groups excluding carboxylic acids is 1. The van der Waals surface area contributed by atoms with Gasteiger partial charge in [0.2, 0.25) is 0 Å². The Morgan fingerprint density at radius 1 is 1.38 bits per heavy atom. The van der Waals surface area contributed by atoms with Crippen LogP contribution in [0.3, 0.4) is 0 Å². The number of esters is 1. The Morgan fingerprint density at radius 3 is 2.81 bits per heavy atom. The van der Waals surface area contributed by atoms with E-state index in [1.807, 2.05) is 24.3 Å². The zero-order chi connectivity index (χ0) is 11.8. The Balaban J connectivity index is 2.21. The summed E-state index contributed by atoms with van der Waals surface area (Å²) in [5, 5.41) is 0. The molecule has 0 spiro atoms. The van der Waals surface area contributed by atoms with Crippen LogP contribution in [-0.4, -0.2) is 19.2 Å². The fraction of sp³-hybridized carbons (Fsp3) is 0.417. The van der Waals surface area contributed by atoms with Crippen molar-refractivity contribution >= 4 is 21.9 Å². The molecule has 0 aliphatic heterocycles. The normalized spacial score (nSPS) is 9.88. The molecule has 0 bridgehead atoms. The lowest BCUT2D eigenvalue weighted by atomic mass is 10.3. The molecule has 0 amide bonds. The van der Waals surface area contributed by atoms with Gasteiger partial charge in [0.15, 0.2) is 0 Å². The van der Waals surface area contributed by atoms with Gasteiger partial charge in [-0.05, 0) is 41.4 Å². The highest BCUT2D eigenvalue weighted by Gasteiger charge is 2.02. The molecular formula is C12H15BrO3. The monoisotopic (exact) mass is 286 g/mol. The van der Waals surface area contributed by atoms with E-state index in [1.54, 1.807) is 6.92 Å². The summed E-state index contributed by atoms with van der Waals surface area (Å²) in [5.41, 5.74) is 0. The summed E-state index contributed by atoms with van der Waals surface area (Å²) in [5.74, 6) is 0.629. The van der Waals surface area contributed by atoms with E-state index in [0.717, 1.165) is 10.2 Å². The van der Waals surface area contributed by atoms with Gasteiger partial charge in [0.05, 0.1) is 17.7 Å². The molecule has 3 nitrogen and oxygen atoms in total. The van der Waals surface area contributed by atoms with Gasteiger partial charge in [0, 0.05) is 6.42 Å². The number of hydrogen-bond acceptors (Lipinski definition) is 3. The van der Waals surface area contributed by atoms with E-state index < -0.39 is 0 Å². The van der Waals surface area contributed by atoms with Crippen LogP contribution in [0.5, 0.6) is 5.75 Å². The Morgan fingerprint density at radius 2 is 2.12 bits per heavy atom. The molecule has 0 fully saturated rings. The molecule has 0 heterocycles. The number of hydrogen-bond donors (Lipinski definition) is 0. The zero-order valence-electron chi connectivity index (χ0n) is 9.24. The summed E-state index contributed by atoms with van der Waals surface area (Å²) >= 11 is 3.39. The summed E-state index contributed by atoms with van der Waals surface area (Å²) in [7, 11) is 0. The minimum atomic E-state index is -0.168. The van der Waals surface area contributed by atoms with Crippen molar-refractivity contribution in [3.63, 3.8) is 0 Å². The van der Waals surface area contributed by atoms with Crippen molar-refractivity contribution in [3.8, 4) is 5.75 Å². The number of benzene rings is 1. The van der Waals surface area contributed by atoms with E-state index in [2.05, 4.69) is 15.9 Å². The number of ether oxygens (including phenoxy) is 2. The van der Waals surface area contributed by atoms with Crippen LogP contribution in [0.2, 0.25) is 0 Å². The van der Waals surface area contributed by atoms with Crippen LogP contribution in [0, 0.1) is 0 Å². The first-order valence-electron chi connectivity index (χ1n) is 5.27. The Hall–Kier alpha value is -1.03. The van der Waals surface area contributed by atoms with E-state index in [-0.39, 0.29) is 5.97 Å². The fourth-order valence-electron chi connectivity index (χ4n) is 1.19. The predicted molar refractivity (Wildman–Crippen MR) is 65.5 cm³/mol. The van der Waals surface area contributed by atoms with Gasteiger partial charge in [-0.1, -0.05) is 12.1 Å². The second kappa shape index (κ2) is 7.28. The molecule has 0 unspecified atom stereocenters. The number of rotatable bonds is 6. The fourth-order valence-corrected chi connectivity index (χ4v) is 1.59. The van der Waals surface area contributed by atoms with Gasteiger partial charge in [0.25, 0.3) is 0 Å². The molecule has 88 valence electrons. The van der Waals surface area contributed by atoms with E-state index in [1.165, 1.54) is 0 Å². The summed E-state index contributed by atoms with van der Waals surface area (Å²) in [4.78, 5) is 11.0. The van der Waals surface area contributed by atoms with Crippen LogP contribution >= 0.6 is 15.9 Å². The summed E-state index contributed by atoms with van der Waals surface area (Å²) in [6.07, 6.45) is 1.07.